The van der Waals surface area contributed by atoms with Crippen LogP contribution in [-0.2, 0) is 0 Å². The Morgan fingerprint density at radius 2 is 2.09 bits per heavy atom. The Morgan fingerprint density at radius 3 is 2.91 bits per heavy atom. The van der Waals surface area contributed by atoms with Crippen LogP contribution >= 0.6 is 0 Å². The maximum absolute atomic E-state index is 13.0. The highest BCUT2D eigenvalue weighted by atomic mass is 19.2. The highest BCUT2D eigenvalue weighted by Gasteiger charge is 2.08. The lowest BCUT2D eigenvalue weighted by Crippen LogP contribution is -2.26. The highest BCUT2D eigenvalue weighted by molar-refractivity contribution is 5.42. The van der Waals surface area contributed by atoms with Crippen molar-refractivity contribution in [2.75, 3.05) is 18.5 Å². The van der Waals surface area contributed by atoms with Gasteiger partial charge in [0.1, 0.15) is 24.3 Å². The molecule has 1 aromatic carbocycles. The van der Waals surface area contributed by atoms with Gasteiger partial charge in [-0.25, -0.2) is 8.78 Å². The van der Waals surface area contributed by atoms with E-state index in [0.29, 0.717) is 11.5 Å². The Morgan fingerprint density at radius 1 is 1.22 bits per heavy atom. The van der Waals surface area contributed by atoms with E-state index >= 15 is 0 Å². The lowest BCUT2D eigenvalue weighted by atomic mass is 10.3. The lowest BCUT2D eigenvalue weighted by molar-refractivity contribution is 0.117. The Labute approximate surface area is 128 Å². The normalized spacial score (nSPS) is 12.3. The minimum atomic E-state index is -1.01. The smallest absolute Gasteiger partial charge is 0.200 e. The number of benzene rings is 1. The standard InChI is InChI=1S/C13H12F2N6O2/c14-10-2-1-9(5-11(10)15)23-7-8(22)6-16-12-3-4-13-17-19-20-21(13)18-12/h1-5,8,22H,6-7H2,(H,16,18). The van der Waals surface area contributed by atoms with Crippen molar-refractivity contribution in [1.29, 1.82) is 0 Å². The number of rotatable bonds is 6. The van der Waals surface area contributed by atoms with Crippen LogP contribution in [0, 0.1) is 11.6 Å². The molecule has 0 amide bonds. The SMILES string of the molecule is OC(CNc1ccc2nnnn2n1)COc1ccc(F)c(F)c1. The maximum Gasteiger partial charge on any atom is 0.200 e. The van der Waals surface area contributed by atoms with Crippen LogP contribution in [0.25, 0.3) is 5.65 Å². The highest BCUT2D eigenvalue weighted by Crippen LogP contribution is 2.15. The van der Waals surface area contributed by atoms with Gasteiger partial charge in [-0.1, -0.05) is 0 Å². The average Bonchev–Trinajstić information content (AvgIpc) is 3.01. The molecule has 2 aromatic heterocycles. The molecule has 0 fully saturated rings. The Hall–Kier alpha value is -2.88. The van der Waals surface area contributed by atoms with Gasteiger partial charge in [0, 0.05) is 12.6 Å². The summed E-state index contributed by atoms with van der Waals surface area (Å²) in [5.74, 6) is -1.36. The Bertz CT molecular complexity index is 812. The van der Waals surface area contributed by atoms with Crippen molar-refractivity contribution in [1.82, 2.24) is 25.3 Å². The van der Waals surface area contributed by atoms with E-state index in [4.69, 9.17) is 4.74 Å². The van der Waals surface area contributed by atoms with Crippen LogP contribution in [0.15, 0.2) is 30.3 Å². The molecule has 120 valence electrons. The van der Waals surface area contributed by atoms with Crippen LogP contribution in [-0.4, -0.2) is 49.6 Å². The number of tetrazole rings is 1. The number of ether oxygens (including phenoxy) is 1. The molecule has 0 aliphatic heterocycles. The number of hydrogen-bond acceptors (Lipinski definition) is 7. The summed E-state index contributed by atoms with van der Waals surface area (Å²) in [4.78, 5) is 0. The summed E-state index contributed by atoms with van der Waals surface area (Å²) in [6, 6.07) is 6.49. The minimum absolute atomic E-state index is 0.0921. The van der Waals surface area contributed by atoms with Crippen molar-refractivity contribution < 1.29 is 18.6 Å². The number of anilines is 1. The predicted octanol–water partition coefficient (Wildman–Crippen LogP) is 0.649. The molecule has 0 spiro atoms. The fourth-order valence-corrected chi connectivity index (χ4v) is 1.78. The van der Waals surface area contributed by atoms with Gasteiger partial charge < -0.3 is 15.2 Å². The number of nitrogens with zero attached hydrogens (tertiary/aromatic N) is 5. The first-order valence-electron chi connectivity index (χ1n) is 6.67. The molecule has 1 atom stereocenters. The monoisotopic (exact) mass is 322 g/mol. The quantitative estimate of drug-likeness (QED) is 0.687. The van der Waals surface area contributed by atoms with Crippen molar-refractivity contribution in [3.05, 3.63) is 42.0 Å². The van der Waals surface area contributed by atoms with E-state index in [1.54, 1.807) is 12.1 Å². The van der Waals surface area contributed by atoms with Gasteiger partial charge in [-0.3, -0.25) is 0 Å². The summed E-state index contributed by atoms with van der Waals surface area (Å²) in [5.41, 5.74) is 0.498. The molecule has 2 heterocycles. The van der Waals surface area contributed by atoms with Gasteiger partial charge in [0.05, 0.1) is 0 Å². The summed E-state index contributed by atoms with van der Waals surface area (Å²) in [5, 5.41) is 27.6. The number of hydrogen-bond donors (Lipinski definition) is 2. The van der Waals surface area contributed by atoms with Crippen molar-refractivity contribution in [2.45, 2.75) is 6.10 Å². The van der Waals surface area contributed by atoms with E-state index < -0.39 is 17.7 Å². The second kappa shape index (κ2) is 6.48. The molecule has 0 saturated carbocycles. The number of fused-ring (bicyclic) bond motifs is 1. The molecule has 23 heavy (non-hydrogen) atoms. The number of aliphatic hydroxyl groups is 1. The van der Waals surface area contributed by atoms with E-state index in [9.17, 15) is 13.9 Å². The molecule has 0 saturated heterocycles. The number of aliphatic hydroxyl groups excluding tert-OH is 1. The minimum Gasteiger partial charge on any atom is -0.491 e. The van der Waals surface area contributed by atoms with Crippen molar-refractivity contribution in [3.63, 3.8) is 0 Å². The Kier molecular flexibility index (Phi) is 4.24. The number of nitrogens with one attached hydrogen (secondary N) is 1. The molecule has 3 aromatic rings. The second-order valence-electron chi connectivity index (χ2n) is 4.67. The zero-order valence-electron chi connectivity index (χ0n) is 11.7. The Balaban J connectivity index is 1.50. The van der Waals surface area contributed by atoms with Gasteiger partial charge in [-0.15, -0.1) is 14.8 Å². The van der Waals surface area contributed by atoms with Gasteiger partial charge in [0.25, 0.3) is 0 Å². The molecular formula is C13H12F2N6O2. The van der Waals surface area contributed by atoms with Crippen LogP contribution in [0.2, 0.25) is 0 Å². The van der Waals surface area contributed by atoms with E-state index in [0.717, 1.165) is 12.1 Å². The van der Waals surface area contributed by atoms with Crippen LogP contribution in [0.5, 0.6) is 5.75 Å². The van der Waals surface area contributed by atoms with E-state index in [2.05, 4.69) is 25.9 Å². The molecule has 3 rings (SSSR count). The third-order valence-electron chi connectivity index (χ3n) is 2.92. The largest absolute Gasteiger partial charge is 0.491 e. The van der Waals surface area contributed by atoms with E-state index in [1.807, 2.05) is 0 Å². The van der Waals surface area contributed by atoms with Gasteiger partial charge in [-0.05, 0) is 34.7 Å². The van der Waals surface area contributed by atoms with Gasteiger partial charge in [0.15, 0.2) is 17.3 Å². The van der Waals surface area contributed by atoms with Crippen LogP contribution in [0.4, 0.5) is 14.6 Å². The summed E-state index contributed by atoms with van der Waals surface area (Å²) >= 11 is 0. The zero-order valence-corrected chi connectivity index (χ0v) is 11.7. The van der Waals surface area contributed by atoms with Crippen LogP contribution < -0.4 is 10.1 Å². The molecule has 1 unspecified atom stereocenters. The number of halogens is 2. The average molecular weight is 322 g/mol. The maximum atomic E-state index is 13.0. The fourth-order valence-electron chi connectivity index (χ4n) is 1.78. The molecule has 0 aliphatic rings. The van der Waals surface area contributed by atoms with Gasteiger partial charge in [0.2, 0.25) is 0 Å². The zero-order chi connectivity index (χ0) is 16.2. The first kappa shape index (κ1) is 15.0. The lowest BCUT2D eigenvalue weighted by Gasteiger charge is -2.13. The van der Waals surface area contributed by atoms with Crippen molar-refractivity contribution >= 4 is 11.5 Å². The predicted molar refractivity (Wildman–Crippen MR) is 74.9 cm³/mol. The van der Waals surface area contributed by atoms with Gasteiger partial charge in [-0.2, -0.15) is 0 Å². The summed E-state index contributed by atoms with van der Waals surface area (Å²) in [6.07, 6.45) is -0.880. The van der Waals surface area contributed by atoms with Crippen LogP contribution in [0.1, 0.15) is 0 Å². The summed E-state index contributed by atoms with van der Waals surface area (Å²) in [6.45, 7) is 0.0511. The van der Waals surface area contributed by atoms with E-state index in [1.165, 1.54) is 10.7 Å². The van der Waals surface area contributed by atoms with Crippen molar-refractivity contribution in [3.8, 4) is 5.75 Å². The second-order valence-corrected chi connectivity index (χ2v) is 4.67. The summed E-state index contributed by atoms with van der Waals surface area (Å²) in [7, 11) is 0. The van der Waals surface area contributed by atoms with Gasteiger partial charge >= 0.3 is 0 Å². The fraction of sp³-hybridized carbons (Fsp3) is 0.231. The number of aromatic nitrogens is 5. The molecule has 10 heteroatoms. The third-order valence-corrected chi connectivity index (χ3v) is 2.92. The first-order chi connectivity index (χ1) is 11.1. The summed E-state index contributed by atoms with van der Waals surface area (Å²) < 4.78 is 32.2. The van der Waals surface area contributed by atoms with E-state index in [-0.39, 0.29) is 18.9 Å². The molecular weight excluding hydrogens is 310 g/mol. The first-order valence-corrected chi connectivity index (χ1v) is 6.67. The molecule has 0 bridgehead atoms. The molecule has 2 N–H and O–H groups in total. The van der Waals surface area contributed by atoms with Crippen LogP contribution in [0.3, 0.4) is 0 Å². The third kappa shape index (κ3) is 3.66. The topological polar surface area (TPSA) is 97.5 Å². The molecule has 0 aliphatic carbocycles. The van der Waals surface area contributed by atoms with Crippen molar-refractivity contribution in [2.24, 2.45) is 0 Å². The molecule has 0 radical (unpaired) electrons. The molecule has 8 nitrogen and oxygen atoms in total.